The highest BCUT2D eigenvalue weighted by Crippen LogP contribution is 2.31. The van der Waals surface area contributed by atoms with Crippen LogP contribution in [0.25, 0.3) is 0 Å². The van der Waals surface area contributed by atoms with Gasteiger partial charge in [-0.1, -0.05) is 42.5 Å². The largest absolute Gasteiger partial charge is 0.486 e. The molecule has 1 unspecified atom stereocenters. The Morgan fingerprint density at radius 1 is 1.00 bits per heavy atom. The van der Waals surface area contributed by atoms with Crippen LogP contribution in [-0.2, 0) is 6.54 Å². The Labute approximate surface area is 130 Å². The molecule has 0 bridgehead atoms. The molecule has 0 saturated carbocycles. The minimum Gasteiger partial charge on any atom is -0.486 e. The van der Waals surface area contributed by atoms with Crippen LogP contribution < -0.4 is 9.47 Å². The fraction of sp³-hybridized carbons (Fsp3) is 0.333. The molecular weight excluding hydrogens is 278 g/mol. The SMILES string of the molecule is OCCN(Cc1ccccc1)CC1COc2ccccc2O1. The predicted octanol–water partition coefficient (Wildman–Crippen LogP) is 2.32. The van der Waals surface area contributed by atoms with Crippen molar-refractivity contribution in [1.29, 1.82) is 0 Å². The fourth-order valence-electron chi connectivity index (χ4n) is 2.66. The molecule has 0 fully saturated rings. The van der Waals surface area contributed by atoms with Crippen LogP contribution in [0, 0.1) is 0 Å². The van der Waals surface area contributed by atoms with Gasteiger partial charge >= 0.3 is 0 Å². The molecule has 4 heteroatoms. The van der Waals surface area contributed by atoms with Crippen molar-refractivity contribution >= 4 is 0 Å². The van der Waals surface area contributed by atoms with E-state index < -0.39 is 0 Å². The quantitative estimate of drug-likeness (QED) is 0.889. The highest BCUT2D eigenvalue weighted by atomic mass is 16.6. The molecule has 1 heterocycles. The van der Waals surface area contributed by atoms with Crippen LogP contribution in [0.3, 0.4) is 0 Å². The van der Waals surface area contributed by atoms with E-state index in [-0.39, 0.29) is 12.7 Å². The van der Waals surface area contributed by atoms with Gasteiger partial charge in [0, 0.05) is 19.6 Å². The van der Waals surface area contributed by atoms with Gasteiger partial charge in [-0.15, -0.1) is 0 Å². The molecule has 3 rings (SSSR count). The molecule has 0 radical (unpaired) electrons. The van der Waals surface area contributed by atoms with E-state index in [1.807, 2.05) is 42.5 Å². The third-order valence-electron chi connectivity index (χ3n) is 3.69. The summed E-state index contributed by atoms with van der Waals surface area (Å²) in [7, 11) is 0. The number of rotatable bonds is 6. The van der Waals surface area contributed by atoms with Crippen molar-refractivity contribution in [3.63, 3.8) is 0 Å². The van der Waals surface area contributed by atoms with Gasteiger partial charge in [-0.2, -0.15) is 0 Å². The van der Waals surface area contributed by atoms with Gasteiger partial charge in [0.1, 0.15) is 12.7 Å². The predicted molar refractivity (Wildman–Crippen MR) is 85.2 cm³/mol. The molecule has 1 N–H and O–H groups in total. The Hall–Kier alpha value is -2.04. The van der Waals surface area contributed by atoms with Gasteiger partial charge in [-0.05, 0) is 17.7 Å². The Bertz CT molecular complexity index is 588. The number of para-hydroxylation sites is 2. The molecule has 2 aromatic carbocycles. The molecule has 2 aromatic rings. The standard InChI is InChI=1S/C18H21NO3/c20-11-10-19(12-15-6-2-1-3-7-15)13-16-14-21-17-8-4-5-9-18(17)22-16/h1-9,16,20H,10-14H2. The summed E-state index contributed by atoms with van der Waals surface area (Å²) in [6.07, 6.45) is -0.0230. The normalized spacial score (nSPS) is 16.7. The van der Waals surface area contributed by atoms with Crippen LogP contribution in [-0.4, -0.2) is 42.4 Å². The van der Waals surface area contributed by atoms with Gasteiger partial charge in [0.2, 0.25) is 0 Å². The number of aliphatic hydroxyl groups is 1. The summed E-state index contributed by atoms with van der Waals surface area (Å²) in [6, 6.07) is 18.0. The molecule has 0 aromatic heterocycles. The Morgan fingerprint density at radius 3 is 2.50 bits per heavy atom. The minimum absolute atomic E-state index is 0.0230. The summed E-state index contributed by atoms with van der Waals surface area (Å²) >= 11 is 0. The van der Waals surface area contributed by atoms with Crippen molar-refractivity contribution < 1.29 is 14.6 Å². The van der Waals surface area contributed by atoms with Crippen molar-refractivity contribution in [2.75, 3.05) is 26.3 Å². The Balaban J connectivity index is 1.62. The number of aliphatic hydroxyl groups excluding tert-OH is 1. The molecule has 116 valence electrons. The third kappa shape index (κ3) is 3.78. The van der Waals surface area contributed by atoms with Crippen molar-refractivity contribution in [3.8, 4) is 11.5 Å². The first kappa shape index (κ1) is 14.9. The maximum absolute atomic E-state index is 9.29. The summed E-state index contributed by atoms with van der Waals surface area (Å²) in [5.41, 5.74) is 1.23. The van der Waals surface area contributed by atoms with Gasteiger partial charge in [0.05, 0.1) is 6.61 Å². The van der Waals surface area contributed by atoms with E-state index in [0.29, 0.717) is 13.2 Å². The zero-order valence-electron chi connectivity index (χ0n) is 12.5. The molecule has 4 nitrogen and oxygen atoms in total. The highest BCUT2D eigenvalue weighted by Gasteiger charge is 2.23. The Kier molecular flexibility index (Phi) is 4.93. The zero-order valence-corrected chi connectivity index (χ0v) is 12.5. The van der Waals surface area contributed by atoms with Crippen LogP contribution in [0.5, 0.6) is 11.5 Å². The zero-order chi connectivity index (χ0) is 15.2. The topological polar surface area (TPSA) is 41.9 Å². The van der Waals surface area contributed by atoms with E-state index in [9.17, 15) is 5.11 Å². The number of ether oxygens (including phenoxy) is 2. The van der Waals surface area contributed by atoms with E-state index in [1.165, 1.54) is 5.56 Å². The van der Waals surface area contributed by atoms with Crippen LogP contribution in [0.2, 0.25) is 0 Å². The van der Waals surface area contributed by atoms with E-state index in [1.54, 1.807) is 0 Å². The summed E-state index contributed by atoms with van der Waals surface area (Å²) in [5.74, 6) is 1.60. The number of nitrogens with zero attached hydrogens (tertiary/aromatic N) is 1. The Morgan fingerprint density at radius 2 is 1.73 bits per heavy atom. The second-order valence-electron chi connectivity index (χ2n) is 5.44. The minimum atomic E-state index is -0.0230. The molecule has 0 spiro atoms. The average molecular weight is 299 g/mol. The van der Waals surface area contributed by atoms with Crippen molar-refractivity contribution in [2.24, 2.45) is 0 Å². The van der Waals surface area contributed by atoms with Gasteiger partial charge < -0.3 is 14.6 Å². The second kappa shape index (κ2) is 7.29. The summed E-state index contributed by atoms with van der Waals surface area (Å²) in [4.78, 5) is 2.19. The van der Waals surface area contributed by atoms with Crippen LogP contribution in [0.1, 0.15) is 5.56 Å². The molecular formula is C18H21NO3. The fourth-order valence-corrected chi connectivity index (χ4v) is 2.66. The number of hydrogen-bond donors (Lipinski definition) is 1. The van der Waals surface area contributed by atoms with E-state index in [2.05, 4.69) is 17.0 Å². The van der Waals surface area contributed by atoms with Crippen LogP contribution in [0.4, 0.5) is 0 Å². The first-order chi connectivity index (χ1) is 10.8. The molecule has 22 heavy (non-hydrogen) atoms. The lowest BCUT2D eigenvalue weighted by Gasteiger charge is -2.31. The smallest absolute Gasteiger partial charge is 0.161 e. The van der Waals surface area contributed by atoms with Crippen molar-refractivity contribution in [3.05, 3.63) is 60.2 Å². The van der Waals surface area contributed by atoms with Crippen molar-refractivity contribution in [2.45, 2.75) is 12.6 Å². The highest BCUT2D eigenvalue weighted by molar-refractivity contribution is 5.40. The lowest BCUT2D eigenvalue weighted by molar-refractivity contribution is 0.0511. The van der Waals surface area contributed by atoms with Gasteiger partial charge in [-0.3, -0.25) is 4.90 Å². The lowest BCUT2D eigenvalue weighted by atomic mass is 10.2. The average Bonchev–Trinajstić information content (AvgIpc) is 2.56. The second-order valence-corrected chi connectivity index (χ2v) is 5.44. The molecule has 1 aliphatic heterocycles. The molecule has 0 amide bonds. The van der Waals surface area contributed by atoms with Gasteiger partial charge in [0.25, 0.3) is 0 Å². The van der Waals surface area contributed by atoms with Gasteiger partial charge in [0.15, 0.2) is 11.5 Å². The van der Waals surface area contributed by atoms with Crippen LogP contribution in [0.15, 0.2) is 54.6 Å². The van der Waals surface area contributed by atoms with Crippen molar-refractivity contribution in [1.82, 2.24) is 4.90 Å². The number of benzene rings is 2. The van der Waals surface area contributed by atoms with Gasteiger partial charge in [-0.25, -0.2) is 0 Å². The molecule has 0 saturated heterocycles. The maximum atomic E-state index is 9.29. The number of fused-ring (bicyclic) bond motifs is 1. The maximum Gasteiger partial charge on any atom is 0.161 e. The third-order valence-corrected chi connectivity index (χ3v) is 3.69. The van der Waals surface area contributed by atoms with E-state index in [0.717, 1.165) is 24.6 Å². The first-order valence-corrected chi connectivity index (χ1v) is 7.61. The lowest BCUT2D eigenvalue weighted by Crippen LogP contribution is -2.41. The monoisotopic (exact) mass is 299 g/mol. The molecule has 1 atom stereocenters. The summed E-state index contributed by atoms with van der Waals surface area (Å²) < 4.78 is 11.7. The van der Waals surface area contributed by atoms with E-state index in [4.69, 9.17) is 9.47 Å². The van der Waals surface area contributed by atoms with Crippen LogP contribution >= 0.6 is 0 Å². The summed E-state index contributed by atoms with van der Waals surface area (Å²) in [5, 5.41) is 9.29. The molecule has 0 aliphatic carbocycles. The first-order valence-electron chi connectivity index (χ1n) is 7.61. The number of hydrogen-bond acceptors (Lipinski definition) is 4. The molecule has 1 aliphatic rings. The summed E-state index contributed by atoms with van der Waals surface area (Å²) in [6.45, 7) is 2.81. The van der Waals surface area contributed by atoms with E-state index >= 15 is 0 Å².